The Kier molecular flexibility index (Phi) is 3.99. The summed E-state index contributed by atoms with van der Waals surface area (Å²) in [5.74, 6) is 0.107. The van der Waals surface area contributed by atoms with Gasteiger partial charge in [0.25, 0.3) is 0 Å². The van der Waals surface area contributed by atoms with E-state index in [9.17, 15) is 9.59 Å². The number of hydrogen-bond donors (Lipinski definition) is 1. The van der Waals surface area contributed by atoms with Gasteiger partial charge in [0.2, 0.25) is 11.8 Å². The van der Waals surface area contributed by atoms with Gasteiger partial charge in [-0.2, -0.15) is 0 Å². The summed E-state index contributed by atoms with van der Waals surface area (Å²) in [5.41, 5.74) is 5.45. The zero-order chi connectivity index (χ0) is 12.3. The maximum absolute atomic E-state index is 12.2. The van der Waals surface area contributed by atoms with Gasteiger partial charge in [0.05, 0.1) is 5.92 Å². The summed E-state index contributed by atoms with van der Waals surface area (Å²) < 4.78 is 0. The molecule has 2 aliphatic rings. The minimum atomic E-state index is -0.132. The molecule has 2 fully saturated rings. The molecule has 96 valence electrons. The normalized spacial score (nSPS) is 25.5. The molecule has 2 amide bonds. The van der Waals surface area contributed by atoms with Crippen molar-refractivity contribution in [3.05, 3.63) is 0 Å². The van der Waals surface area contributed by atoms with Gasteiger partial charge in [0, 0.05) is 39.1 Å². The Morgan fingerprint density at radius 3 is 2.65 bits per heavy atom. The van der Waals surface area contributed by atoms with Gasteiger partial charge in [0.15, 0.2) is 0 Å². The lowest BCUT2D eigenvalue weighted by molar-refractivity contribution is -0.136. The number of carbonyl (C=O) groups excluding carboxylic acids is 2. The second-order valence-electron chi connectivity index (χ2n) is 4.92. The Labute approximate surface area is 102 Å². The van der Waals surface area contributed by atoms with Gasteiger partial charge < -0.3 is 15.5 Å². The van der Waals surface area contributed by atoms with Crippen molar-refractivity contribution in [3.63, 3.8) is 0 Å². The fourth-order valence-electron chi connectivity index (χ4n) is 2.68. The second-order valence-corrected chi connectivity index (χ2v) is 4.92. The number of likely N-dealkylation sites (tertiary alicyclic amines) is 2. The molecule has 1 atom stereocenters. The van der Waals surface area contributed by atoms with Crippen LogP contribution in [0, 0.1) is 5.92 Å². The van der Waals surface area contributed by atoms with Crippen molar-refractivity contribution in [1.82, 2.24) is 9.80 Å². The van der Waals surface area contributed by atoms with Crippen molar-refractivity contribution in [2.75, 3.05) is 32.7 Å². The van der Waals surface area contributed by atoms with Crippen LogP contribution in [0.3, 0.4) is 0 Å². The molecule has 2 saturated heterocycles. The van der Waals surface area contributed by atoms with Crippen LogP contribution < -0.4 is 5.73 Å². The van der Waals surface area contributed by atoms with Gasteiger partial charge in [0.1, 0.15) is 0 Å². The first-order valence-corrected chi connectivity index (χ1v) is 6.49. The quantitative estimate of drug-likeness (QED) is 0.742. The molecule has 0 aromatic heterocycles. The van der Waals surface area contributed by atoms with Gasteiger partial charge in [-0.1, -0.05) is 0 Å². The van der Waals surface area contributed by atoms with Crippen LogP contribution in [0.15, 0.2) is 0 Å². The van der Waals surface area contributed by atoms with E-state index < -0.39 is 0 Å². The lowest BCUT2D eigenvalue weighted by atomic mass is 10.0. The Morgan fingerprint density at radius 2 is 2.00 bits per heavy atom. The van der Waals surface area contributed by atoms with E-state index in [1.165, 1.54) is 6.42 Å². The van der Waals surface area contributed by atoms with E-state index >= 15 is 0 Å². The number of nitrogens with zero attached hydrogens (tertiary/aromatic N) is 2. The van der Waals surface area contributed by atoms with E-state index in [0.717, 1.165) is 25.9 Å². The molecule has 1 unspecified atom stereocenters. The fourth-order valence-corrected chi connectivity index (χ4v) is 2.68. The lowest BCUT2D eigenvalue weighted by Crippen LogP contribution is -2.40. The Morgan fingerprint density at radius 1 is 1.29 bits per heavy atom. The minimum Gasteiger partial charge on any atom is -0.342 e. The monoisotopic (exact) mass is 239 g/mol. The topological polar surface area (TPSA) is 66.6 Å². The molecule has 2 aliphatic heterocycles. The molecule has 0 bridgehead atoms. The maximum Gasteiger partial charge on any atom is 0.227 e. The van der Waals surface area contributed by atoms with Crippen molar-refractivity contribution < 1.29 is 9.59 Å². The van der Waals surface area contributed by atoms with E-state index in [1.807, 2.05) is 4.90 Å². The van der Waals surface area contributed by atoms with Crippen molar-refractivity contribution >= 4 is 11.8 Å². The van der Waals surface area contributed by atoms with Crippen LogP contribution >= 0.6 is 0 Å². The van der Waals surface area contributed by atoms with Gasteiger partial charge in [-0.05, 0) is 19.3 Å². The van der Waals surface area contributed by atoms with Crippen LogP contribution in [0.25, 0.3) is 0 Å². The van der Waals surface area contributed by atoms with Gasteiger partial charge >= 0.3 is 0 Å². The first kappa shape index (κ1) is 12.4. The first-order chi connectivity index (χ1) is 8.22. The highest BCUT2D eigenvalue weighted by molar-refractivity contribution is 5.89. The van der Waals surface area contributed by atoms with Crippen molar-refractivity contribution in [3.8, 4) is 0 Å². The summed E-state index contributed by atoms with van der Waals surface area (Å²) in [6.45, 7) is 3.32. The molecule has 0 aliphatic carbocycles. The zero-order valence-electron chi connectivity index (χ0n) is 10.2. The van der Waals surface area contributed by atoms with Crippen LogP contribution in [-0.2, 0) is 9.59 Å². The minimum absolute atomic E-state index is 0.0748. The maximum atomic E-state index is 12.2. The average Bonchev–Trinajstić information content (AvgIpc) is 2.72. The van der Waals surface area contributed by atoms with Crippen LogP contribution in [-0.4, -0.2) is 54.3 Å². The molecule has 5 heteroatoms. The SMILES string of the molecule is NCCN1CC(C(=O)N2CCCCC2)CC1=O. The van der Waals surface area contributed by atoms with Crippen LogP contribution in [0.5, 0.6) is 0 Å². The number of amides is 2. The molecule has 0 aromatic rings. The molecule has 0 saturated carbocycles. The zero-order valence-corrected chi connectivity index (χ0v) is 10.2. The lowest BCUT2D eigenvalue weighted by Gasteiger charge is -2.29. The summed E-state index contributed by atoms with van der Waals surface area (Å²) in [4.78, 5) is 27.5. The predicted molar refractivity (Wildman–Crippen MR) is 64.2 cm³/mol. The average molecular weight is 239 g/mol. The highest BCUT2D eigenvalue weighted by atomic mass is 16.2. The molecule has 2 rings (SSSR count). The Balaban J connectivity index is 1.90. The third kappa shape index (κ3) is 2.77. The largest absolute Gasteiger partial charge is 0.342 e. The van der Waals surface area contributed by atoms with E-state index in [1.54, 1.807) is 4.90 Å². The van der Waals surface area contributed by atoms with E-state index in [4.69, 9.17) is 5.73 Å². The number of piperidine rings is 1. The van der Waals surface area contributed by atoms with Gasteiger partial charge in [-0.15, -0.1) is 0 Å². The standard InChI is InChI=1S/C12H21N3O2/c13-4-7-15-9-10(8-11(15)16)12(17)14-5-2-1-3-6-14/h10H,1-9,13H2. The number of rotatable bonds is 3. The number of carbonyl (C=O) groups is 2. The second kappa shape index (κ2) is 5.49. The van der Waals surface area contributed by atoms with Gasteiger partial charge in [-0.25, -0.2) is 0 Å². The van der Waals surface area contributed by atoms with Crippen LogP contribution in [0.2, 0.25) is 0 Å². The Bertz CT molecular complexity index is 300. The molecule has 5 nitrogen and oxygen atoms in total. The van der Waals surface area contributed by atoms with Crippen LogP contribution in [0.1, 0.15) is 25.7 Å². The predicted octanol–water partition coefficient (Wildman–Crippen LogP) is -0.194. The third-order valence-electron chi connectivity index (χ3n) is 3.63. The molecule has 2 N–H and O–H groups in total. The highest BCUT2D eigenvalue weighted by Gasteiger charge is 2.36. The molecule has 2 heterocycles. The van der Waals surface area contributed by atoms with Crippen molar-refractivity contribution in [2.24, 2.45) is 11.7 Å². The van der Waals surface area contributed by atoms with Crippen LogP contribution in [0.4, 0.5) is 0 Å². The van der Waals surface area contributed by atoms with Crippen molar-refractivity contribution in [2.45, 2.75) is 25.7 Å². The van der Waals surface area contributed by atoms with Crippen molar-refractivity contribution in [1.29, 1.82) is 0 Å². The molecule has 0 radical (unpaired) electrons. The molecular formula is C12H21N3O2. The summed E-state index contributed by atoms with van der Waals surface area (Å²) >= 11 is 0. The highest BCUT2D eigenvalue weighted by Crippen LogP contribution is 2.21. The number of nitrogens with two attached hydrogens (primary N) is 1. The molecule has 0 spiro atoms. The molecular weight excluding hydrogens is 218 g/mol. The van der Waals surface area contributed by atoms with E-state index in [2.05, 4.69) is 0 Å². The number of hydrogen-bond acceptors (Lipinski definition) is 3. The fraction of sp³-hybridized carbons (Fsp3) is 0.833. The molecule has 0 aromatic carbocycles. The summed E-state index contributed by atoms with van der Waals surface area (Å²) in [7, 11) is 0. The van der Waals surface area contributed by atoms with Gasteiger partial charge in [-0.3, -0.25) is 9.59 Å². The summed E-state index contributed by atoms with van der Waals surface area (Å²) in [6, 6.07) is 0. The first-order valence-electron chi connectivity index (χ1n) is 6.49. The Hall–Kier alpha value is -1.10. The van der Waals surface area contributed by atoms with E-state index in [0.29, 0.717) is 26.1 Å². The molecule has 17 heavy (non-hydrogen) atoms. The van der Waals surface area contributed by atoms with E-state index in [-0.39, 0.29) is 17.7 Å². The smallest absolute Gasteiger partial charge is 0.227 e. The summed E-state index contributed by atoms with van der Waals surface area (Å²) in [6.07, 6.45) is 3.78. The third-order valence-corrected chi connectivity index (χ3v) is 3.63. The summed E-state index contributed by atoms with van der Waals surface area (Å²) in [5, 5.41) is 0.